The van der Waals surface area contributed by atoms with Crippen LogP contribution in [0.2, 0.25) is 0 Å². The summed E-state index contributed by atoms with van der Waals surface area (Å²) in [4.78, 5) is 10.8. The van der Waals surface area contributed by atoms with Gasteiger partial charge >= 0.3 is 5.97 Å². The highest BCUT2D eigenvalue weighted by atomic mass is 16.5. The molecule has 1 aromatic rings. The maximum absolute atomic E-state index is 10.8. The van der Waals surface area contributed by atoms with Crippen LogP contribution in [0.15, 0.2) is 18.2 Å². The number of carboxylic acids is 1. The molecule has 0 saturated carbocycles. The van der Waals surface area contributed by atoms with Gasteiger partial charge in [-0.25, -0.2) is 4.79 Å². The Morgan fingerprint density at radius 1 is 1.56 bits per heavy atom. The third-order valence-electron chi connectivity index (χ3n) is 1.93. The van der Waals surface area contributed by atoms with Crippen molar-refractivity contribution in [3.63, 3.8) is 0 Å². The van der Waals surface area contributed by atoms with Gasteiger partial charge in [0.2, 0.25) is 0 Å². The van der Waals surface area contributed by atoms with Gasteiger partial charge in [0, 0.05) is 5.56 Å². The SMILES string of the molecule is CNCC#Cc1ccc(C(=O)O)c(OC)c1. The number of rotatable bonds is 3. The molecule has 0 atom stereocenters. The average Bonchev–Trinajstić information content (AvgIpc) is 2.29. The van der Waals surface area contributed by atoms with Crippen LogP contribution in [-0.4, -0.2) is 31.8 Å². The second-order valence-corrected chi connectivity index (χ2v) is 3.05. The largest absolute Gasteiger partial charge is 0.496 e. The van der Waals surface area contributed by atoms with Crippen LogP contribution in [0.4, 0.5) is 0 Å². The number of hydrogen-bond donors (Lipinski definition) is 2. The lowest BCUT2D eigenvalue weighted by Gasteiger charge is -2.04. The molecule has 0 bridgehead atoms. The number of carboxylic acid groups (broad SMARTS) is 1. The van der Waals surface area contributed by atoms with E-state index in [0.29, 0.717) is 12.3 Å². The molecular weight excluding hydrogens is 206 g/mol. The summed E-state index contributed by atoms with van der Waals surface area (Å²) < 4.78 is 4.99. The first-order valence-electron chi connectivity index (χ1n) is 4.74. The molecule has 0 aliphatic heterocycles. The molecule has 0 aliphatic carbocycles. The third kappa shape index (κ3) is 3.01. The van der Waals surface area contributed by atoms with Crippen LogP contribution >= 0.6 is 0 Å². The Kier molecular flexibility index (Phi) is 4.37. The van der Waals surface area contributed by atoms with Gasteiger partial charge in [0.25, 0.3) is 0 Å². The van der Waals surface area contributed by atoms with Gasteiger partial charge < -0.3 is 15.2 Å². The molecule has 16 heavy (non-hydrogen) atoms. The van der Waals surface area contributed by atoms with E-state index in [2.05, 4.69) is 17.2 Å². The monoisotopic (exact) mass is 219 g/mol. The number of aromatic carboxylic acids is 1. The topological polar surface area (TPSA) is 58.6 Å². The molecule has 84 valence electrons. The molecule has 0 fully saturated rings. The van der Waals surface area contributed by atoms with Crippen molar-refractivity contribution in [1.82, 2.24) is 5.32 Å². The van der Waals surface area contributed by atoms with E-state index in [-0.39, 0.29) is 5.56 Å². The van der Waals surface area contributed by atoms with Crippen molar-refractivity contribution in [3.8, 4) is 17.6 Å². The van der Waals surface area contributed by atoms with Crippen LogP contribution in [0.25, 0.3) is 0 Å². The number of hydrogen-bond acceptors (Lipinski definition) is 3. The molecule has 0 aromatic heterocycles. The van der Waals surface area contributed by atoms with E-state index in [1.54, 1.807) is 12.1 Å². The smallest absolute Gasteiger partial charge is 0.339 e. The quantitative estimate of drug-likeness (QED) is 0.743. The van der Waals surface area contributed by atoms with Crippen molar-refractivity contribution < 1.29 is 14.6 Å². The molecule has 1 rings (SSSR count). The highest BCUT2D eigenvalue weighted by Crippen LogP contribution is 2.19. The van der Waals surface area contributed by atoms with Gasteiger partial charge in [-0.15, -0.1) is 0 Å². The van der Waals surface area contributed by atoms with E-state index in [1.165, 1.54) is 13.2 Å². The molecular formula is C12H13NO3. The lowest BCUT2D eigenvalue weighted by molar-refractivity contribution is 0.0693. The van der Waals surface area contributed by atoms with Gasteiger partial charge in [0.1, 0.15) is 11.3 Å². The van der Waals surface area contributed by atoms with Crippen LogP contribution < -0.4 is 10.1 Å². The zero-order valence-corrected chi connectivity index (χ0v) is 9.20. The fourth-order valence-corrected chi connectivity index (χ4v) is 1.18. The Morgan fingerprint density at radius 3 is 2.88 bits per heavy atom. The van der Waals surface area contributed by atoms with Crippen LogP contribution in [0.3, 0.4) is 0 Å². The maximum Gasteiger partial charge on any atom is 0.339 e. The second-order valence-electron chi connectivity index (χ2n) is 3.05. The zero-order chi connectivity index (χ0) is 12.0. The van der Waals surface area contributed by atoms with Gasteiger partial charge in [-0.3, -0.25) is 0 Å². The normalized spacial score (nSPS) is 9.12. The Morgan fingerprint density at radius 2 is 2.31 bits per heavy atom. The van der Waals surface area contributed by atoms with Crippen molar-refractivity contribution in [2.24, 2.45) is 0 Å². The Bertz CT molecular complexity index is 443. The second kappa shape index (κ2) is 5.79. The molecule has 4 nitrogen and oxygen atoms in total. The first-order valence-corrected chi connectivity index (χ1v) is 4.74. The van der Waals surface area contributed by atoms with Crippen LogP contribution in [0.5, 0.6) is 5.75 Å². The van der Waals surface area contributed by atoms with Crippen molar-refractivity contribution in [2.45, 2.75) is 0 Å². The number of benzene rings is 1. The minimum atomic E-state index is -1.01. The van der Waals surface area contributed by atoms with Crippen LogP contribution in [0.1, 0.15) is 15.9 Å². The first kappa shape index (κ1) is 12.1. The molecule has 1 aromatic carbocycles. The summed E-state index contributed by atoms with van der Waals surface area (Å²) in [6, 6.07) is 4.77. The molecule has 0 radical (unpaired) electrons. The molecule has 0 spiro atoms. The Balaban J connectivity index is 3.01. The third-order valence-corrected chi connectivity index (χ3v) is 1.93. The fourth-order valence-electron chi connectivity index (χ4n) is 1.18. The van der Waals surface area contributed by atoms with E-state index < -0.39 is 5.97 Å². The van der Waals surface area contributed by atoms with Crippen molar-refractivity contribution >= 4 is 5.97 Å². The Hall–Kier alpha value is -1.99. The highest BCUT2D eigenvalue weighted by molar-refractivity contribution is 5.91. The molecule has 2 N–H and O–H groups in total. The van der Waals surface area contributed by atoms with Crippen LogP contribution in [0, 0.1) is 11.8 Å². The fraction of sp³-hybridized carbons (Fsp3) is 0.250. The lowest BCUT2D eigenvalue weighted by Crippen LogP contribution is -2.04. The van der Waals surface area contributed by atoms with E-state index in [9.17, 15) is 4.79 Å². The Labute approximate surface area is 94.2 Å². The predicted octanol–water partition coefficient (Wildman–Crippen LogP) is 0.964. The summed E-state index contributed by atoms with van der Waals surface area (Å²) in [5.41, 5.74) is 0.874. The van der Waals surface area contributed by atoms with E-state index >= 15 is 0 Å². The summed E-state index contributed by atoms with van der Waals surface area (Å²) >= 11 is 0. The standard InChI is InChI=1S/C12H13NO3/c1-13-7-3-4-9-5-6-10(12(14)15)11(8-9)16-2/h5-6,8,13H,7H2,1-2H3,(H,14,15). The van der Waals surface area contributed by atoms with E-state index in [1.807, 2.05) is 7.05 Å². The predicted molar refractivity (Wildman–Crippen MR) is 60.8 cm³/mol. The number of carbonyl (C=O) groups is 1. The van der Waals surface area contributed by atoms with Gasteiger partial charge in [-0.05, 0) is 25.2 Å². The summed E-state index contributed by atoms with van der Waals surface area (Å²) in [7, 11) is 3.25. The van der Waals surface area contributed by atoms with Crippen LogP contribution in [-0.2, 0) is 0 Å². The maximum atomic E-state index is 10.8. The van der Waals surface area contributed by atoms with Gasteiger partial charge in [0.05, 0.1) is 13.7 Å². The summed E-state index contributed by atoms with van der Waals surface area (Å²) in [6.07, 6.45) is 0. The molecule has 0 heterocycles. The minimum Gasteiger partial charge on any atom is -0.496 e. The molecule has 0 amide bonds. The zero-order valence-electron chi connectivity index (χ0n) is 9.20. The minimum absolute atomic E-state index is 0.140. The number of ether oxygens (including phenoxy) is 1. The first-order chi connectivity index (χ1) is 7.69. The summed E-state index contributed by atoms with van der Waals surface area (Å²) in [5, 5.41) is 11.8. The van der Waals surface area contributed by atoms with E-state index in [4.69, 9.17) is 9.84 Å². The number of nitrogens with one attached hydrogen (secondary N) is 1. The molecule has 0 aliphatic rings. The molecule has 0 unspecified atom stereocenters. The summed E-state index contributed by atoms with van der Waals surface area (Å²) in [5.74, 6) is 5.10. The van der Waals surface area contributed by atoms with Crippen molar-refractivity contribution in [3.05, 3.63) is 29.3 Å². The van der Waals surface area contributed by atoms with Gasteiger partial charge in [-0.1, -0.05) is 11.8 Å². The van der Waals surface area contributed by atoms with Gasteiger partial charge in [-0.2, -0.15) is 0 Å². The number of methoxy groups -OCH3 is 1. The molecule has 0 saturated heterocycles. The average molecular weight is 219 g/mol. The van der Waals surface area contributed by atoms with Gasteiger partial charge in [0.15, 0.2) is 0 Å². The molecule has 4 heteroatoms. The van der Waals surface area contributed by atoms with Crippen molar-refractivity contribution in [2.75, 3.05) is 20.7 Å². The van der Waals surface area contributed by atoms with Crippen molar-refractivity contribution in [1.29, 1.82) is 0 Å². The highest BCUT2D eigenvalue weighted by Gasteiger charge is 2.10. The summed E-state index contributed by atoms with van der Waals surface area (Å²) in [6.45, 7) is 0.586. The van der Waals surface area contributed by atoms with E-state index in [0.717, 1.165) is 5.56 Å². The lowest BCUT2D eigenvalue weighted by atomic mass is 10.1.